The molecule has 0 bridgehead atoms. The van der Waals surface area contributed by atoms with E-state index in [2.05, 4.69) is 10.1 Å². The fraction of sp³-hybridized carbons (Fsp3) is 0.579. The number of nitrogens with zero attached hydrogens (tertiary/aromatic N) is 2. The Morgan fingerprint density at radius 1 is 1.16 bits per heavy atom. The molecule has 2 aliphatic rings. The molecule has 0 saturated heterocycles. The number of carbonyl (C=O) groups is 2. The third kappa shape index (κ3) is 3.72. The summed E-state index contributed by atoms with van der Waals surface area (Å²) in [6.07, 6.45) is 4.62. The highest BCUT2D eigenvalue weighted by atomic mass is 16.5. The van der Waals surface area contributed by atoms with Crippen molar-refractivity contribution in [1.29, 1.82) is 0 Å². The Hall–Kier alpha value is -2.24. The van der Waals surface area contributed by atoms with Gasteiger partial charge in [-0.3, -0.25) is 14.6 Å². The summed E-state index contributed by atoms with van der Waals surface area (Å²) in [6, 6.07) is 0.0119. The highest BCUT2D eigenvalue weighted by Gasteiger charge is 2.28. The molecule has 1 N–H and O–H groups in total. The minimum atomic E-state index is -0.0543. The number of Topliss-reactive ketones (excluding diaryl/α,β-unsaturated/α-hetero) is 2. The van der Waals surface area contributed by atoms with E-state index < -0.39 is 0 Å². The molecule has 0 saturated carbocycles. The van der Waals surface area contributed by atoms with Crippen molar-refractivity contribution in [3.8, 4) is 0 Å². The molecule has 6 nitrogen and oxygen atoms in total. The number of hydrogen-bond acceptors (Lipinski definition) is 6. The zero-order chi connectivity index (χ0) is 18.0. The number of hydrogen-bond donors (Lipinski definition) is 1. The number of aryl methyl sites for hydroxylation is 2. The predicted octanol–water partition coefficient (Wildman–Crippen LogP) is 3.54. The van der Waals surface area contributed by atoms with Gasteiger partial charge in [0.05, 0.1) is 16.8 Å². The molecule has 1 aromatic heterocycles. The first-order valence-electron chi connectivity index (χ1n) is 9.00. The van der Waals surface area contributed by atoms with Crippen LogP contribution in [0.1, 0.15) is 74.2 Å². The summed E-state index contributed by atoms with van der Waals surface area (Å²) >= 11 is 0. The van der Waals surface area contributed by atoms with E-state index in [4.69, 9.17) is 4.52 Å². The van der Waals surface area contributed by atoms with Crippen LogP contribution < -0.4 is 0 Å². The van der Waals surface area contributed by atoms with Gasteiger partial charge in [-0.25, -0.2) is 0 Å². The summed E-state index contributed by atoms with van der Waals surface area (Å²) in [5.41, 5.74) is 2.23. The van der Waals surface area contributed by atoms with E-state index in [0.29, 0.717) is 66.8 Å². The molecule has 25 heavy (non-hydrogen) atoms. The van der Waals surface area contributed by atoms with Crippen LogP contribution in [0.5, 0.6) is 0 Å². The summed E-state index contributed by atoms with van der Waals surface area (Å²) in [5.74, 6) is 0.829. The maximum Gasteiger partial charge on any atom is 0.168 e. The molecule has 0 fully saturated rings. The third-order valence-corrected chi connectivity index (χ3v) is 4.61. The van der Waals surface area contributed by atoms with Crippen LogP contribution in [0.3, 0.4) is 0 Å². The van der Waals surface area contributed by atoms with Crippen LogP contribution in [-0.2, 0) is 17.6 Å². The summed E-state index contributed by atoms with van der Waals surface area (Å²) in [6.45, 7) is 3.87. The van der Waals surface area contributed by atoms with Crippen molar-refractivity contribution in [3.05, 3.63) is 28.3 Å². The molecular formula is C19H24N2O4. The van der Waals surface area contributed by atoms with Gasteiger partial charge < -0.3 is 9.63 Å². The Balaban J connectivity index is 1.85. The summed E-state index contributed by atoms with van der Waals surface area (Å²) in [5, 5.41) is 14.3. The van der Waals surface area contributed by atoms with Crippen LogP contribution in [0.2, 0.25) is 0 Å². The van der Waals surface area contributed by atoms with E-state index >= 15 is 0 Å². The van der Waals surface area contributed by atoms with E-state index in [-0.39, 0.29) is 23.4 Å². The molecule has 6 heteroatoms. The molecule has 2 aliphatic carbocycles. The Bertz CT molecular complexity index is 755. The topological polar surface area (TPSA) is 92.8 Å². The molecule has 0 amide bonds. The number of allylic oxidation sites excluding steroid dienone is 2. The van der Waals surface area contributed by atoms with Crippen LogP contribution >= 0.6 is 0 Å². The van der Waals surface area contributed by atoms with Crippen LogP contribution in [0.25, 0.3) is 0 Å². The van der Waals surface area contributed by atoms with Gasteiger partial charge in [-0.05, 0) is 39.5 Å². The van der Waals surface area contributed by atoms with Crippen molar-refractivity contribution < 1.29 is 19.2 Å². The van der Waals surface area contributed by atoms with Gasteiger partial charge in [0.1, 0.15) is 11.5 Å². The second-order valence-electron chi connectivity index (χ2n) is 6.97. The number of aliphatic imine (C=N–C) groups is 1. The minimum Gasteiger partial charge on any atom is -0.511 e. The monoisotopic (exact) mass is 344 g/mol. The second-order valence-corrected chi connectivity index (χ2v) is 6.97. The highest BCUT2D eigenvalue weighted by molar-refractivity contribution is 6.23. The fourth-order valence-electron chi connectivity index (χ4n) is 3.51. The molecule has 3 rings (SSSR count). The van der Waals surface area contributed by atoms with Crippen LogP contribution in [-0.4, -0.2) is 33.6 Å². The van der Waals surface area contributed by atoms with E-state index in [0.717, 1.165) is 12.8 Å². The zero-order valence-corrected chi connectivity index (χ0v) is 14.8. The second kappa shape index (κ2) is 7.33. The summed E-state index contributed by atoms with van der Waals surface area (Å²) < 4.78 is 5.32. The fourth-order valence-corrected chi connectivity index (χ4v) is 3.51. The Morgan fingerprint density at radius 2 is 1.88 bits per heavy atom. The molecule has 0 aliphatic heterocycles. The maximum atomic E-state index is 12.3. The average Bonchev–Trinajstić information content (AvgIpc) is 2.96. The highest BCUT2D eigenvalue weighted by Crippen LogP contribution is 2.27. The van der Waals surface area contributed by atoms with Gasteiger partial charge in [0.25, 0.3) is 0 Å². The molecule has 134 valence electrons. The molecular weight excluding hydrogens is 320 g/mol. The first-order chi connectivity index (χ1) is 12.0. The lowest BCUT2D eigenvalue weighted by molar-refractivity contribution is -0.115. The number of aromatic nitrogens is 1. The minimum absolute atomic E-state index is 0.0119. The molecule has 1 aromatic rings. The van der Waals surface area contributed by atoms with Crippen molar-refractivity contribution in [2.75, 3.05) is 0 Å². The van der Waals surface area contributed by atoms with E-state index in [1.807, 2.05) is 13.8 Å². The number of fused-ring (bicyclic) bond motifs is 1. The van der Waals surface area contributed by atoms with Crippen molar-refractivity contribution in [2.45, 2.75) is 71.3 Å². The maximum absolute atomic E-state index is 12.3. The third-order valence-electron chi connectivity index (χ3n) is 4.61. The number of aliphatic hydroxyl groups is 1. The standard InChI is InChI=1S/C19H24N2O4/c1-11(2)20-12(18-14(22)5-3-6-15(18)23)9-10-13-19-16(24)7-4-8-17(19)25-21-13/h11,22H,3-10H2,1-2H3. The van der Waals surface area contributed by atoms with Crippen molar-refractivity contribution in [1.82, 2.24) is 5.16 Å². The lowest BCUT2D eigenvalue weighted by Gasteiger charge is -2.18. The Morgan fingerprint density at radius 3 is 2.60 bits per heavy atom. The zero-order valence-electron chi connectivity index (χ0n) is 14.8. The first kappa shape index (κ1) is 17.6. The van der Waals surface area contributed by atoms with Crippen LogP contribution in [0, 0.1) is 0 Å². The summed E-state index contributed by atoms with van der Waals surface area (Å²) in [4.78, 5) is 29.0. The van der Waals surface area contributed by atoms with Crippen LogP contribution in [0.4, 0.5) is 0 Å². The van der Waals surface area contributed by atoms with E-state index in [1.54, 1.807) is 0 Å². The molecule has 0 radical (unpaired) electrons. The number of rotatable bonds is 5. The van der Waals surface area contributed by atoms with E-state index in [1.165, 1.54) is 0 Å². The van der Waals surface area contributed by atoms with Gasteiger partial charge in [0.2, 0.25) is 0 Å². The van der Waals surface area contributed by atoms with Gasteiger partial charge in [0.15, 0.2) is 11.6 Å². The summed E-state index contributed by atoms with van der Waals surface area (Å²) in [7, 11) is 0. The Kier molecular flexibility index (Phi) is 5.16. The van der Waals surface area contributed by atoms with Gasteiger partial charge in [-0.15, -0.1) is 0 Å². The van der Waals surface area contributed by atoms with Crippen molar-refractivity contribution in [3.63, 3.8) is 0 Å². The van der Waals surface area contributed by atoms with Gasteiger partial charge in [0, 0.05) is 37.4 Å². The molecule has 0 atom stereocenters. The normalized spacial score (nSPS) is 18.9. The van der Waals surface area contributed by atoms with Crippen molar-refractivity contribution in [2.24, 2.45) is 4.99 Å². The largest absolute Gasteiger partial charge is 0.511 e. The van der Waals surface area contributed by atoms with Crippen molar-refractivity contribution >= 4 is 17.3 Å². The number of aliphatic hydroxyl groups excluding tert-OH is 1. The quantitative estimate of drug-likeness (QED) is 0.825. The van der Waals surface area contributed by atoms with E-state index in [9.17, 15) is 14.7 Å². The SMILES string of the molecule is CC(C)N=C(CCc1noc2c1C(=O)CCC2)C1=C(O)CCCC1=O. The molecule has 1 heterocycles. The Labute approximate surface area is 147 Å². The smallest absolute Gasteiger partial charge is 0.168 e. The number of carbonyl (C=O) groups excluding carboxylic acids is 2. The first-order valence-corrected chi connectivity index (χ1v) is 9.00. The number of ketones is 2. The lowest BCUT2D eigenvalue weighted by Crippen LogP contribution is -2.21. The van der Waals surface area contributed by atoms with Crippen LogP contribution in [0.15, 0.2) is 20.8 Å². The van der Waals surface area contributed by atoms with Gasteiger partial charge in [-0.1, -0.05) is 5.16 Å². The predicted molar refractivity (Wildman–Crippen MR) is 93.2 cm³/mol. The molecule has 0 spiro atoms. The average molecular weight is 344 g/mol. The lowest BCUT2D eigenvalue weighted by atomic mass is 9.89. The molecule has 0 unspecified atom stereocenters. The molecule has 0 aromatic carbocycles. The van der Waals surface area contributed by atoms with Gasteiger partial charge >= 0.3 is 0 Å². The van der Waals surface area contributed by atoms with Gasteiger partial charge in [-0.2, -0.15) is 0 Å².